The first kappa shape index (κ1) is 35.0. The molecule has 0 aliphatic heterocycles. The summed E-state index contributed by atoms with van der Waals surface area (Å²) in [6.07, 6.45) is 0. The molecule has 298 valence electrons. The molecular weight excluding hydrogens is 785 g/mol. The predicted molar refractivity (Wildman–Crippen MR) is 278 cm³/mol. The van der Waals surface area contributed by atoms with Crippen LogP contribution in [0.15, 0.2) is 223 Å². The zero-order chi connectivity index (χ0) is 42.3. The first-order valence-electron chi connectivity index (χ1n) is 22.6. The van der Waals surface area contributed by atoms with Crippen LogP contribution in [0.1, 0.15) is 0 Å². The molecule has 0 aliphatic rings. The third kappa shape index (κ3) is 4.87. The Balaban J connectivity index is 1.08. The maximum absolute atomic E-state index is 6.41. The summed E-state index contributed by atoms with van der Waals surface area (Å²) in [7, 11) is 0. The Kier molecular flexibility index (Phi) is 7.01. The van der Waals surface area contributed by atoms with Gasteiger partial charge in [-0.1, -0.05) is 194 Å². The van der Waals surface area contributed by atoms with Crippen molar-refractivity contribution in [3.05, 3.63) is 218 Å². The second kappa shape index (κ2) is 13.0. The molecule has 0 fully saturated rings. The van der Waals surface area contributed by atoms with Crippen molar-refractivity contribution in [2.75, 3.05) is 0 Å². The molecular formula is C64H36O. The van der Waals surface area contributed by atoms with Crippen LogP contribution >= 0.6 is 0 Å². The average molecular weight is 821 g/mol. The SMILES string of the molecule is c1ccc2c(-c3ccc4ccc5cccc6ccc3c4c56)c(-c3ccc(-c4ccc5ccc6cccc7ccc4c5c67)c4ccccc34)c(-c3ccc4oc5ccccc5c4c3)cc2c1. The van der Waals surface area contributed by atoms with Gasteiger partial charge in [0.1, 0.15) is 11.2 Å². The van der Waals surface area contributed by atoms with Crippen molar-refractivity contribution >= 4 is 108 Å². The van der Waals surface area contributed by atoms with Crippen LogP contribution in [-0.2, 0) is 0 Å². The molecule has 0 aliphatic carbocycles. The Labute approximate surface area is 373 Å². The third-order valence-corrected chi connectivity index (χ3v) is 14.5. The van der Waals surface area contributed by atoms with E-state index in [-0.39, 0.29) is 0 Å². The summed E-state index contributed by atoms with van der Waals surface area (Å²) in [5.41, 5.74) is 11.5. The molecule has 1 heterocycles. The van der Waals surface area contributed by atoms with Crippen LogP contribution in [-0.4, -0.2) is 0 Å². The van der Waals surface area contributed by atoms with E-state index in [1.165, 1.54) is 125 Å². The minimum Gasteiger partial charge on any atom is -0.456 e. The van der Waals surface area contributed by atoms with Crippen LogP contribution in [0.3, 0.4) is 0 Å². The molecule has 0 saturated carbocycles. The van der Waals surface area contributed by atoms with E-state index in [1.54, 1.807) is 0 Å². The molecule has 1 heteroatoms. The summed E-state index contributed by atoms with van der Waals surface area (Å²) >= 11 is 0. The smallest absolute Gasteiger partial charge is 0.135 e. The zero-order valence-corrected chi connectivity index (χ0v) is 35.2. The molecule has 0 atom stereocenters. The van der Waals surface area contributed by atoms with Crippen molar-refractivity contribution < 1.29 is 4.42 Å². The Hall–Kier alpha value is -8.52. The molecule has 0 saturated heterocycles. The molecule has 0 unspecified atom stereocenters. The summed E-state index contributed by atoms with van der Waals surface area (Å²) < 4.78 is 6.41. The Morgan fingerprint density at radius 2 is 0.662 bits per heavy atom. The highest BCUT2D eigenvalue weighted by Gasteiger charge is 2.24. The molecule has 0 radical (unpaired) electrons. The molecule has 1 aromatic heterocycles. The topological polar surface area (TPSA) is 13.1 Å². The number of furan rings is 1. The third-order valence-electron chi connectivity index (χ3n) is 14.5. The van der Waals surface area contributed by atoms with E-state index in [1.807, 2.05) is 6.07 Å². The van der Waals surface area contributed by atoms with Gasteiger partial charge in [0.25, 0.3) is 0 Å². The second-order valence-corrected chi connectivity index (χ2v) is 17.8. The summed E-state index contributed by atoms with van der Waals surface area (Å²) in [5.74, 6) is 0. The van der Waals surface area contributed by atoms with E-state index in [0.29, 0.717) is 0 Å². The van der Waals surface area contributed by atoms with E-state index in [0.717, 1.165) is 27.5 Å². The highest BCUT2D eigenvalue weighted by Crippen LogP contribution is 2.52. The van der Waals surface area contributed by atoms with Crippen LogP contribution in [0.2, 0.25) is 0 Å². The minimum absolute atomic E-state index is 0.896. The Morgan fingerprint density at radius 1 is 0.215 bits per heavy atom. The standard InChI is InChI=1S/C64H36O/c1-2-14-45-43(9-1)35-55(44-27-34-58-56(36-44)50-17-5-6-18-57(50)65-58)64(63(45)54-31-26-42-22-20-38-11-8-13-40-25-30-53(54)62(42)60(38)40)52-33-32-48(46-15-3-4-16-47(46)52)49-28-23-41-21-19-37-10-7-12-39-24-29-51(49)61(41)59(37)39/h1-36H. The fourth-order valence-electron chi connectivity index (χ4n) is 11.7. The van der Waals surface area contributed by atoms with E-state index < -0.39 is 0 Å². The van der Waals surface area contributed by atoms with Crippen LogP contribution in [0, 0.1) is 0 Å². The van der Waals surface area contributed by atoms with Gasteiger partial charge in [0.15, 0.2) is 0 Å². The van der Waals surface area contributed by atoms with Gasteiger partial charge in [-0.2, -0.15) is 0 Å². The van der Waals surface area contributed by atoms with Crippen molar-refractivity contribution in [2.45, 2.75) is 0 Å². The lowest BCUT2D eigenvalue weighted by molar-refractivity contribution is 0.669. The first-order valence-corrected chi connectivity index (χ1v) is 22.6. The quantitative estimate of drug-likeness (QED) is 0.161. The van der Waals surface area contributed by atoms with Gasteiger partial charge in [0, 0.05) is 10.8 Å². The zero-order valence-electron chi connectivity index (χ0n) is 35.2. The van der Waals surface area contributed by atoms with Gasteiger partial charge in [-0.15, -0.1) is 0 Å². The molecule has 0 N–H and O–H groups in total. The van der Waals surface area contributed by atoms with Crippen molar-refractivity contribution in [2.24, 2.45) is 0 Å². The molecule has 0 spiro atoms. The highest BCUT2D eigenvalue weighted by atomic mass is 16.3. The lowest BCUT2D eigenvalue weighted by Crippen LogP contribution is -1.96. The molecule has 0 bridgehead atoms. The van der Waals surface area contributed by atoms with Gasteiger partial charge >= 0.3 is 0 Å². The summed E-state index contributed by atoms with van der Waals surface area (Å²) in [4.78, 5) is 0. The largest absolute Gasteiger partial charge is 0.456 e. The Morgan fingerprint density at radius 3 is 1.35 bits per heavy atom. The molecule has 15 rings (SSSR count). The predicted octanol–water partition coefficient (Wildman–Crippen LogP) is 18.4. The summed E-state index contributed by atoms with van der Waals surface area (Å²) in [5, 5.41) is 22.6. The minimum atomic E-state index is 0.896. The van der Waals surface area contributed by atoms with Gasteiger partial charge in [-0.3, -0.25) is 0 Å². The van der Waals surface area contributed by atoms with Crippen molar-refractivity contribution in [3.63, 3.8) is 0 Å². The van der Waals surface area contributed by atoms with Crippen molar-refractivity contribution in [1.82, 2.24) is 0 Å². The number of fused-ring (bicyclic) bond motifs is 5. The normalized spacial score (nSPS) is 12.3. The van der Waals surface area contributed by atoms with Crippen LogP contribution < -0.4 is 0 Å². The van der Waals surface area contributed by atoms with Gasteiger partial charge in [0.05, 0.1) is 0 Å². The lowest BCUT2D eigenvalue weighted by Gasteiger charge is -2.23. The van der Waals surface area contributed by atoms with Gasteiger partial charge < -0.3 is 4.42 Å². The summed E-state index contributed by atoms with van der Waals surface area (Å²) in [6, 6.07) is 81.6. The van der Waals surface area contributed by atoms with Gasteiger partial charge in [-0.05, 0) is 155 Å². The molecule has 14 aromatic carbocycles. The van der Waals surface area contributed by atoms with E-state index in [9.17, 15) is 0 Å². The lowest BCUT2D eigenvalue weighted by atomic mass is 9.79. The molecule has 0 amide bonds. The fourth-order valence-corrected chi connectivity index (χ4v) is 11.7. The van der Waals surface area contributed by atoms with Gasteiger partial charge in [0.2, 0.25) is 0 Å². The second-order valence-electron chi connectivity index (χ2n) is 17.8. The van der Waals surface area contributed by atoms with Gasteiger partial charge in [-0.25, -0.2) is 0 Å². The monoisotopic (exact) mass is 820 g/mol. The average Bonchev–Trinajstić information content (AvgIpc) is 3.74. The summed E-state index contributed by atoms with van der Waals surface area (Å²) in [6.45, 7) is 0. The number of hydrogen-bond donors (Lipinski definition) is 0. The number of benzene rings is 14. The fraction of sp³-hybridized carbons (Fsp3) is 0. The van der Waals surface area contributed by atoms with Crippen LogP contribution in [0.4, 0.5) is 0 Å². The van der Waals surface area contributed by atoms with E-state index in [4.69, 9.17) is 4.42 Å². The van der Waals surface area contributed by atoms with Crippen molar-refractivity contribution in [3.8, 4) is 44.5 Å². The molecule has 65 heavy (non-hydrogen) atoms. The van der Waals surface area contributed by atoms with Crippen LogP contribution in [0.25, 0.3) is 153 Å². The maximum atomic E-state index is 6.41. The van der Waals surface area contributed by atoms with Crippen LogP contribution in [0.5, 0.6) is 0 Å². The number of para-hydroxylation sites is 1. The first-order chi connectivity index (χ1) is 32.2. The maximum Gasteiger partial charge on any atom is 0.135 e. The van der Waals surface area contributed by atoms with E-state index >= 15 is 0 Å². The molecule has 1 nitrogen and oxygen atoms in total. The van der Waals surface area contributed by atoms with Crippen molar-refractivity contribution in [1.29, 1.82) is 0 Å². The highest BCUT2D eigenvalue weighted by molar-refractivity contribution is 6.29. The number of hydrogen-bond acceptors (Lipinski definition) is 1. The Bertz CT molecular complexity index is 4440. The number of rotatable bonds is 4. The van der Waals surface area contributed by atoms with E-state index in [2.05, 4.69) is 212 Å². The molecule has 15 aromatic rings.